The fourth-order valence-electron chi connectivity index (χ4n) is 3.13. The Hall–Kier alpha value is -1.71. The second kappa shape index (κ2) is 6.16. The summed E-state index contributed by atoms with van der Waals surface area (Å²) in [5.74, 6) is 1.09. The van der Waals surface area contributed by atoms with E-state index in [2.05, 4.69) is 46.3 Å². The van der Waals surface area contributed by atoms with Gasteiger partial charge in [-0.3, -0.25) is 9.88 Å². The lowest BCUT2D eigenvalue weighted by molar-refractivity contribution is 0.313. The molecule has 3 heteroatoms. The van der Waals surface area contributed by atoms with Gasteiger partial charge in [0.25, 0.3) is 0 Å². The SMILES string of the molecule is NC[C@@H]1CN(Cc2ccccn2)C[C@H]1c1ccccc1. The van der Waals surface area contributed by atoms with E-state index in [4.69, 9.17) is 5.73 Å². The zero-order valence-corrected chi connectivity index (χ0v) is 11.7. The summed E-state index contributed by atoms with van der Waals surface area (Å²) < 4.78 is 0. The molecule has 2 aromatic rings. The molecule has 0 unspecified atom stereocenters. The van der Waals surface area contributed by atoms with Gasteiger partial charge in [0.15, 0.2) is 0 Å². The standard InChI is InChI=1S/C17H21N3/c18-10-15-11-20(12-16-8-4-5-9-19-16)13-17(15)14-6-2-1-3-7-14/h1-9,15,17H,10-13,18H2/t15-,17+/m1/s1. The van der Waals surface area contributed by atoms with Crippen molar-refractivity contribution in [3.8, 4) is 0 Å². The number of aromatic nitrogens is 1. The highest BCUT2D eigenvalue weighted by Gasteiger charge is 2.32. The minimum absolute atomic E-state index is 0.543. The quantitative estimate of drug-likeness (QED) is 0.924. The highest BCUT2D eigenvalue weighted by atomic mass is 15.2. The van der Waals surface area contributed by atoms with Gasteiger partial charge < -0.3 is 5.73 Å². The van der Waals surface area contributed by atoms with Gasteiger partial charge in [-0.25, -0.2) is 0 Å². The van der Waals surface area contributed by atoms with Gasteiger partial charge in [0, 0.05) is 31.7 Å². The van der Waals surface area contributed by atoms with E-state index in [1.54, 1.807) is 0 Å². The minimum atomic E-state index is 0.543. The summed E-state index contributed by atoms with van der Waals surface area (Å²) in [7, 11) is 0. The first-order valence-electron chi connectivity index (χ1n) is 7.24. The molecule has 0 bridgehead atoms. The van der Waals surface area contributed by atoms with Crippen LogP contribution in [0.1, 0.15) is 17.2 Å². The largest absolute Gasteiger partial charge is 0.330 e. The molecule has 1 aromatic carbocycles. The van der Waals surface area contributed by atoms with E-state index in [0.717, 1.165) is 31.9 Å². The average Bonchev–Trinajstić information content (AvgIpc) is 2.92. The highest BCUT2D eigenvalue weighted by Crippen LogP contribution is 2.32. The monoisotopic (exact) mass is 267 g/mol. The average molecular weight is 267 g/mol. The Labute approximate surface area is 120 Å². The van der Waals surface area contributed by atoms with E-state index in [1.807, 2.05) is 18.3 Å². The van der Waals surface area contributed by atoms with E-state index < -0.39 is 0 Å². The van der Waals surface area contributed by atoms with Gasteiger partial charge in [-0.2, -0.15) is 0 Å². The normalized spacial score (nSPS) is 23.1. The molecule has 0 amide bonds. The summed E-state index contributed by atoms with van der Waals surface area (Å²) in [6.45, 7) is 3.80. The smallest absolute Gasteiger partial charge is 0.0543 e. The third-order valence-electron chi connectivity index (χ3n) is 4.16. The van der Waals surface area contributed by atoms with E-state index in [-0.39, 0.29) is 0 Å². The molecule has 0 saturated carbocycles. The molecule has 0 spiro atoms. The number of pyridine rings is 1. The van der Waals surface area contributed by atoms with Crippen LogP contribution in [0.2, 0.25) is 0 Å². The van der Waals surface area contributed by atoms with Crippen LogP contribution in [-0.4, -0.2) is 29.5 Å². The molecule has 104 valence electrons. The predicted molar refractivity (Wildman–Crippen MR) is 81.2 cm³/mol. The third-order valence-corrected chi connectivity index (χ3v) is 4.16. The van der Waals surface area contributed by atoms with Crippen LogP contribution in [0.5, 0.6) is 0 Å². The van der Waals surface area contributed by atoms with Crippen LogP contribution in [0.3, 0.4) is 0 Å². The number of hydrogen-bond donors (Lipinski definition) is 1. The summed E-state index contributed by atoms with van der Waals surface area (Å²) in [6, 6.07) is 16.8. The Morgan fingerprint density at radius 1 is 1.05 bits per heavy atom. The lowest BCUT2D eigenvalue weighted by Crippen LogP contribution is -2.23. The molecule has 2 heterocycles. The first-order valence-corrected chi connectivity index (χ1v) is 7.24. The Morgan fingerprint density at radius 3 is 2.55 bits per heavy atom. The van der Waals surface area contributed by atoms with Crippen molar-refractivity contribution in [3.63, 3.8) is 0 Å². The zero-order chi connectivity index (χ0) is 13.8. The lowest BCUT2D eigenvalue weighted by Gasteiger charge is -2.16. The van der Waals surface area contributed by atoms with Gasteiger partial charge in [0.2, 0.25) is 0 Å². The molecule has 3 rings (SSSR count). The van der Waals surface area contributed by atoms with Gasteiger partial charge in [-0.1, -0.05) is 36.4 Å². The third kappa shape index (κ3) is 2.89. The Bertz CT molecular complexity index is 526. The molecular formula is C17H21N3. The Kier molecular flexibility index (Phi) is 4.09. The number of hydrogen-bond acceptors (Lipinski definition) is 3. The topological polar surface area (TPSA) is 42.1 Å². The number of rotatable bonds is 4. The Balaban J connectivity index is 1.71. The van der Waals surface area contributed by atoms with Gasteiger partial charge >= 0.3 is 0 Å². The molecule has 1 aliphatic heterocycles. The van der Waals surface area contributed by atoms with Gasteiger partial charge in [-0.05, 0) is 30.2 Å². The zero-order valence-electron chi connectivity index (χ0n) is 11.7. The van der Waals surface area contributed by atoms with Crippen LogP contribution >= 0.6 is 0 Å². The van der Waals surface area contributed by atoms with Crippen molar-refractivity contribution >= 4 is 0 Å². The molecular weight excluding hydrogens is 246 g/mol. The van der Waals surface area contributed by atoms with Crippen LogP contribution in [0, 0.1) is 5.92 Å². The molecule has 1 aliphatic rings. The number of benzene rings is 1. The molecule has 20 heavy (non-hydrogen) atoms. The van der Waals surface area contributed by atoms with E-state index in [9.17, 15) is 0 Å². The fourth-order valence-corrected chi connectivity index (χ4v) is 3.13. The maximum Gasteiger partial charge on any atom is 0.0543 e. The van der Waals surface area contributed by atoms with Crippen molar-refractivity contribution in [1.29, 1.82) is 0 Å². The summed E-state index contributed by atoms with van der Waals surface area (Å²) >= 11 is 0. The molecule has 1 aromatic heterocycles. The summed E-state index contributed by atoms with van der Waals surface area (Å²) in [4.78, 5) is 6.89. The van der Waals surface area contributed by atoms with Crippen LogP contribution in [-0.2, 0) is 6.54 Å². The predicted octanol–water partition coefficient (Wildman–Crippen LogP) is 2.26. The van der Waals surface area contributed by atoms with Crippen molar-refractivity contribution in [1.82, 2.24) is 9.88 Å². The minimum Gasteiger partial charge on any atom is -0.330 e. The van der Waals surface area contributed by atoms with E-state index in [1.165, 1.54) is 5.56 Å². The molecule has 1 fully saturated rings. The molecule has 2 N–H and O–H groups in total. The molecule has 2 atom stereocenters. The Morgan fingerprint density at radius 2 is 1.85 bits per heavy atom. The summed E-state index contributed by atoms with van der Waals surface area (Å²) in [5.41, 5.74) is 8.52. The maximum atomic E-state index is 5.97. The van der Waals surface area contributed by atoms with Gasteiger partial charge in [0.1, 0.15) is 0 Å². The molecule has 0 radical (unpaired) electrons. The molecule has 1 saturated heterocycles. The van der Waals surface area contributed by atoms with Gasteiger partial charge in [-0.15, -0.1) is 0 Å². The van der Waals surface area contributed by atoms with Crippen molar-refractivity contribution in [3.05, 3.63) is 66.0 Å². The fraction of sp³-hybridized carbons (Fsp3) is 0.353. The summed E-state index contributed by atoms with van der Waals surface area (Å²) in [5, 5.41) is 0. The molecule has 3 nitrogen and oxygen atoms in total. The highest BCUT2D eigenvalue weighted by molar-refractivity contribution is 5.22. The maximum absolute atomic E-state index is 5.97. The van der Waals surface area contributed by atoms with Crippen LogP contribution in [0.15, 0.2) is 54.7 Å². The van der Waals surface area contributed by atoms with Crippen molar-refractivity contribution in [2.75, 3.05) is 19.6 Å². The molecule has 0 aliphatic carbocycles. The number of nitrogens with two attached hydrogens (primary N) is 1. The van der Waals surface area contributed by atoms with Crippen molar-refractivity contribution < 1.29 is 0 Å². The lowest BCUT2D eigenvalue weighted by atomic mass is 9.89. The van der Waals surface area contributed by atoms with Crippen LogP contribution in [0.4, 0.5) is 0 Å². The van der Waals surface area contributed by atoms with Crippen LogP contribution < -0.4 is 5.73 Å². The second-order valence-corrected chi connectivity index (χ2v) is 5.53. The van der Waals surface area contributed by atoms with Crippen molar-refractivity contribution in [2.24, 2.45) is 11.7 Å². The second-order valence-electron chi connectivity index (χ2n) is 5.53. The number of likely N-dealkylation sites (tertiary alicyclic amines) is 1. The first-order chi connectivity index (χ1) is 9.86. The van der Waals surface area contributed by atoms with E-state index in [0.29, 0.717) is 11.8 Å². The van der Waals surface area contributed by atoms with Gasteiger partial charge in [0.05, 0.1) is 5.69 Å². The summed E-state index contributed by atoms with van der Waals surface area (Å²) in [6.07, 6.45) is 1.86. The number of nitrogens with zero attached hydrogens (tertiary/aromatic N) is 2. The van der Waals surface area contributed by atoms with E-state index >= 15 is 0 Å². The van der Waals surface area contributed by atoms with Crippen LogP contribution in [0.25, 0.3) is 0 Å². The first kappa shape index (κ1) is 13.3. The van der Waals surface area contributed by atoms with Crippen molar-refractivity contribution in [2.45, 2.75) is 12.5 Å².